The zero-order valence-electron chi connectivity index (χ0n) is 16.0. The van der Waals surface area contributed by atoms with Crippen LogP contribution in [0, 0.1) is 6.92 Å². The zero-order chi connectivity index (χ0) is 19.2. The lowest BCUT2D eigenvalue weighted by molar-refractivity contribution is 0.405. The zero-order valence-corrected chi connectivity index (χ0v) is 18.4. The van der Waals surface area contributed by atoms with Gasteiger partial charge in [-0.15, -0.1) is 24.0 Å². The van der Waals surface area contributed by atoms with Crippen molar-refractivity contribution in [2.75, 3.05) is 19.5 Å². The number of para-hydroxylation sites is 1. The third kappa shape index (κ3) is 5.16. The number of nitrogens with two attached hydrogens (primary N) is 1. The topological polar surface area (TPSA) is 86.7 Å². The summed E-state index contributed by atoms with van der Waals surface area (Å²) in [5.41, 5.74) is 9.66. The van der Waals surface area contributed by atoms with E-state index in [0.29, 0.717) is 23.7 Å². The van der Waals surface area contributed by atoms with Crippen LogP contribution in [0.25, 0.3) is 5.69 Å². The lowest BCUT2D eigenvalue weighted by Gasteiger charge is -2.12. The first-order valence-corrected chi connectivity index (χ1v) is 8.50. The van der Waals surface area contributed by atoms with Crippen LogP contribution in [0.2, 0.25) is 0 Å². The number of aryl methyl sites for hydroxylation is 1. The molecule has 2 aromatic carbocycles. The van der Waals surface area contributed by atoms with E-state index in [1.165, 1.54) is 0 Å². The van der Waals surface area contributed by atoms with E-state index in [1.807, 2.05) is 60.3 Å². The van der Waals surface area contributed by atoms with Crippen LogP contribution in [0.4, 0.5) is 5.69 Å². The van der Waals surface area contributed by atoms with Crippen molar-refractivity contribution in [2.24, 2.45) is 10.7 Å². The molecule has 1 heterocycles. The highest BCUT2D eigenvalue weighted by molar-refractivity contribution is 14.0. The molecule has 0 atom stereocenters. The molecule has 28 heavy (non-hydrogen) atoms. The molecule has 0 spiro atoms. The second kappa shape index (κ2) is 9.98. The highest BCUT2D eigenvalue weighted by Gasteiger charge is 2.08. The maximum Gasteiger partial charge on any atom is 0.193 e. The minimum absolute atomic E-state index is 0. The second-order valence-corrected chi connectivity index (χ2v) is 5.91. The van der Waals surface area contributed by atoms with Crippen molar-refractivity contribution in [1.29, 1.82) is 0 Å². The number of aliphatic imine (C=N–C) groups is 1. The van der Waals surface area contributed by atoms with Crippen molar-refractivity contribution in [2.45, 2.75) is 13.5 Å². The lowest BCUT2D eigenvalue weighted by atomic mass is 10.2. The number of ether oxygens (including phenoxy) is 2. The number of rotatable bonds is 6. The Morgan fingerprint density at radius 1 is 1.14 bits per heavy atom. The fraction of sp³-hybridized carbons (Fsp3) is 0.200. The standard InChI is InChI=1S/C20H23N5O2.HI/c1-14-15(13-25(24-14)16-7-5-4-6-8-16)12-22-20(21)23-18-11-17(26-2)9-10-19(18)27-3;/h4-11,13H,12H2,1-3H3,(H3,21,22,23);1H. The van der Waals surface area contributed by atoms with Gasteiger partial charge < -0.3 is 20.5 Å². The molecule has 0 radical (unpaired) electrons. The molecule has 0 unspecified atom stereocenters. The van der Waals surface area contributed by atoms with Gasteiger partial charge >= 0.3 is 0 Å². The number of hydrogen-bond donors (Lipinski definition) is 2. The summed E-state index contributed by atoms with van der Waals surface area (Å²) in [6.45, 7) is 2.38. The molecule has 0 saturated carbocycles. The molecular weight excluding hydrogens is 469 g/mol. The van der Waals surface area contributed by atoms with E-state index in [2.05, 4.69) is 15.4 Å². The number of nitrogens with one attached hydrogen (secondary N) is 1. The number of benzene rings is 2. The molecular formula is C20H24IN5O2. The van der Waals surface area contributed by atoms with E-state index in [9.17, 15) is 0 Å². The molecule has 8 heteroatoms. The monoisotopic (exact) mass is 493 g/mol. The molecule has 7 nitrogen and oxygen atoms in total. The molecule has 0 amide bonds. The molecule has 0 saturated heterocycles. The van der Waals surface area contributed by atoms with Crippen LogP contribution in [0.3, 0.4) is 0 Å². The third-order valence-electron chi connectivity index (χ3n) is 4.11. The lowest BCUT2D eigenvalue weighted by Crippen LogP contribution is -2.23. The number of methoxy groups -OCH3 is 2. The van der Waals surface area contributed by atoms with E-state index >= 15 is 0 Å². The summed E-state index contributed by atoms with van der Waals surface area (Å²) in [5.74, 6) is 1.64. The Labute approximate surface area is 181 Å². The Balaban J connectivity index is 0.00000280. The van der Waals surface area contributed by atoms with Gasteiger partial charge in [0, 0.05) is 17.8 Å². The van der Waals surface area contributed by atoms with Crippen molar-refractivity contribution in [3.8, 4) is 17.2 Å². The number of halogens is 1. The maximum absolute atomic E-state index is 6.05. The predicted molar refractivity (Wildman–Crippen MR) is 122 cm³/mol. The van der Waals surface area contributed by atoms with E-state index in [1.54, 1.807) is 20.3 Å². The Morgan fingerprint density at radius 2 is 1.89 bits per heavy atom. The summed E-state index contributed by atoms with van der Waals surface area (Å²) >= 11 is 0. The average molecular weight is 493 g/mol. The van der Waals surface area contributed by atoms with Crippen LogP contribution >= 0.6 is 24.0 Å². The first-order chi connectivity index (χ1) is 13.1. The van der Waals surface area contributed by atoms with Crippen LogP contribution in [-0.4, -0.2) is 30.0 Å². The molecule has 1 aromatic heterocycles. The summed E-state index contributed by atoms with van der Waals surface area (Å²) in [7, 11) is 3.21. The highest BCUT2D eigenvalue weighted by Crippen LogP contribution is 2.28. The normalized spacial score (nSPS) is 10.9. The van der Waals surface area contributed by atoms with Crippen LogP contribution in [0.15, 0.2) is 59.7 Å². The Hall–Kier alpha value is -2.75. The summed E-state index contributed by atoms with van der Waals surface area (Å²) in [6, 6.07) is 15.4. The molecule has 148 valence electrons. The quantitative estimate of drug-likeness (QED) is 0.311. The summed E-state index contributed by atoms with van der Waals surface area (Å²) in [4.78, 5) is 4.42. The molecule has 0 fully saturated rings. The van der Waals surface area contributed by atoms with Gasteiger partial charge in [0.1, 0.15) is 11.5 Å². The smallest absolute Gasteiger partial charge is 0.193 e. The van der Waals surface area contributed by atoms with Crippen molar-refractivity contribution < 1.29 is 9.47 Å². The van der Waals surface area contributed by atoms with Gasteiger partial charge in [0.05, 0.1) is 37.8 Å². The number of anilines is 1. The predicted octanol–water partition coefficient (Wildman–Crippen LogP) is 3.74. The van der Waals surface area contributed by atoms with E-state index in [0.717, 1.165) is 16.9 Å². The summed E-state index contributed by atoms with van der Waals surface area (Å²) in [6.07, 6.45) is 1.97. The van der Waals surface area contributed by atoms with Gasteiger partial charge in [-0.05, 0) is 31.2 Å². The molecule has 0 aliphatic carbocycles. The van der Waals surface area contributed by atoms with Gasteiger partial charge in [0.25, 0.3) is 0 Å². The van der Waals surface area contributed by atoms with Crippen LogP contribution in [-0.2, 0) is 6.54 Å². The number of nitrogens with zero attached hydrogens (tertiary/aromatic N) is 3. The molecule has 3 N–H and O–H groups in total. The molecule has 0 bridgehead atoms. The molecule has 3 rings (SSSR count). The minimum atomic E-state index is 0. The van der Waals surface area contributed by atoms with Gasteiger partial charge in [0.2, 0.25) is 0 Å². The molecule has 0 aliphatic heterocycles. The van der Waals surface area contributed by atoms with Gasteiger partial charge in [-0.1, -0.05) is 18.2 Å². The van der Waals surface area contributed by atoms with Gasteiger partial charge in [-0.25, -0.2) is 9.67 Å². The number of guanidine groups is 1. The fourth-order valence-electron chi connectivity index (χ4n) is 2.62. The summed E-state index contributed by atoms with van der Waals surface area (Å²) in [5, 5.41) is 7.60. The van der Waals surface area contributed by atoms with Crippen LogP contribution < -0.4 is 20.5 Å². The van der Waals surface area contributed by atoms with E-state index in [4.69, 9.17) is 15.2 Å². The maximum atomic E-state index is 6.05. The Bertz CT molecular complexity index is 941. The largest absolute Gasteiger partial charge is 0.497 e. The van der Waals surface area contributed by atoms with Crippen molar-refractivity contribution in [3.63, 3.8) is 0 Å². The van der Waals surface area contributed by atoms with Crippen molar-refractivity contribution in [3.05, 3.63) is 66.0 Å². The summed E-state index contributed by atoms with van der Waals surface area (Å²) < 4.78 is 12.4. The molecule has 0 aliphatic rings. The fourth-order valence-corrected chi connectivity index (χ4v) is 2.62. The highest BCUT2D eigenvalue weighted by atomic mass is 127. The SMILES string of the molecule is COc1ccc(OC)c(NC(N)=NCc2cn(-c3ccccc3)nc2C)c1.I. The van der Waals surface area contributed by atoms with Gasteiger partial charge in [-0.3, -0.25) is 0 Å². The number of aromatic nitrogens is 2. The minimum Gasteiger partial charge on any atom is -0.497 e. The van der Waals surface area contributed by atoms with Crippen LogP contribution in [0.5, 0.6) is 11.5 Å². The Kier molecular flexibility index (Phi) is 7.68. The van der Waals surface area contributed by atoms with Crippen molar-refractivity contribution in [1.82, 2.24) is 9.78 Å². The number of hydrogen-bond acceptors (Lipinski definition) is 4. The molecule has 3 aromatic rings. The van der Waals surface area contributed by atoms with Gasteiger partial charge in [0.15, 0.2) is 5.96 Å². The second-order valence-electron chi connectivity index (χ2n) is 5.91. The third-order valence-corrected chi connectivity index (χ3v) is 4.11. The van der Waals surface area contributed by atoms with E-state index in [-0.39, 0.29) is 29.9 Å². The van der Waals surface area contributed by atoms with Crippen LogP contribution in [0.1, 0.15) is 11.3 Å². The van der Waals surface area contributed by atoms with Gasteiger partial charge in [-0.2, -0.15) is 5.10 Å². The Morgan fingerprint density at radius 3 is 2.57 bits per heavy atom. The average Bonchev–Trinajstić information content (AvgIpc) is 3.07. The first-order valence-electron chi connectivity index (χ1n) is 8.50. The van der Waals surface area contributed by atoms with E-state index < -0.39 is 0 Å². The van der Waals surface area contributed by atoms with Crippen molar-refractivity contribution >= 4 is 35.6 Å². The first kappa shape index (κ1) is 21.5.